The van der Waals surface area contributed by atoms with Gasteiger partial charge in [0.15, 0.2) is 15.8 Å². The summed E-state index contributed by atoms with van der Waals surface area (Å²) in [5, 5.41) is 6.23. The summed E-state index contributed by atoms with van der Waals surface area (Å²) in [6.07, 6.45) is 1.00. The topological polar surface area (TPSA) is 83.0 Å². The predicted molar refractivity (Wildman–Crippen MR) is 112 cm³/mol. The van der Waals surface area contributed by atoms with E-state index in [0.29, 0.717) is 12.5 Å². The van der Waals surface area contributed by atoms with E-state index in [9.17, 15) is 8.42 Å². The van der Waals surface area contributed by atoms with E-state index in [0.717, 1.165) is 32.7 Å². The lowest BCUT2D eigenvalue weighted by Crippen LogP contribution is -2.43. The van der Waals surface area contributed by atoms with Crippen LogP contribution >= 0.6 is 24.0 Å². The van der Waals surface area contributed by atoms with Crippen LogP contribution in [0.15, 0.2) is 4.99 Å². The van der Waals surface area contributed by atoms with Crippen molar-refractivity contribution in [2.75, 3.05) is 59.7 Å². The lowest BCUT2D eigenvalue weighted by Gasteiger charge is -2.20. The quantitative estimate of drug-likeness (QED) is 0.211. The van der Waals surface area contributed by atoms with Gasteiger partial charge in [0, 0.05) is 46.9 Å². The van der Waals surface area contributed by atoms with Gasteiger partial charge in [0.2, 0.25) is 0 Å². The number of nitrogens with zero attached hydrogens (tertiary/aromatic N) is 2. The number of hydrogen-bond donors (Lipinski definition) is 2. The number of guanidine groups is 1. The molecule has 0 amide bonds. The molecule has 0 saturated heterocycles. The van der Waals surface area contributed by atoms with Crippen LogP contribution in [0, 0.1) is 0 Å². The number of sulfone groups is 1. The van der Waals surface area contributed by atoms with Crippen LogP contribution in [0.3, 0.4) is 0 Å². The molecule has 0 spiro atoms. The van der Waals surface area contributed by atoms with Crippen molar-refractivity contribution in [3.8, 4) is 0 Å². The van der Waals surface area contributed by atoms with Gasteiger partial charge in [-0.1, -0.05) is 0 Å². The van der Waals surface area contributed by atoms with Crippen LogP contribution in [0.25, 0.3) is 0 Å². The first-order valence-corrected chi connectivity index (χ1v) is 9.63. The van der Waals surface area contributed by atoms with E-state index in [4.69, 9.17) is 4.74 Å². The molecular formula is C15H35IN4O3S. The fourth-order valence-corrected chi connectivity index (χ4v) is 2.77. The molecule has 7 nitrogen and oxygen atoms in total. The molecule has 0 fully saturated rings. The number of methoxy groups -OCH3 is 1. The van der Waals surface area contributed by atoms with E-state index in [1.165, 1.54) is 0 Å². The highest BCUT2D eigenvalue weighted by molar-refractivity contribution is 14.0. The first-order valence-electron chi connectivity index (χ1n) is 7.98. The summed E-state index contributed by atoms with van der Waals surface area (Å²) in [6.45, 7) is 8.87. The van der Waals surface area contributed by atoms with Crippen molar-refractivity contribution in [3.63, 3.8) is 0 Å². The lowest BCUT2D eigenvalue weighted by atomic mass is 10.3. The van der Waals surface area contributed by atoms with Gasteiger partial charge in [0.1, 0.15) is 0 Å². The van der Waals surface area contributed by atoms with E-state index in [-0.39, 0.29) is 29.7 Å². The molecule has 0 radical (unpaired) electrons. The number of rotatable bonds is 10. The maximum absolute atomic E-state index is 12.0. The van der Waals surface area contributed by atoms with Gasteiger partial charge < -0.3 is 20.3 Å². The molecule has 0 atom stereocenters. The zero-order chi connectivity index (χ0) is 17.9. The van der Waals surface area contributed by atoms with E-state index >= 15 is 0 Å². The zero-order valence-electron chi connectivity index (χ0n) is 15.9. The van der Waals surface area contributed by atoms with E-state index in [2.05, 4.69) is 27.6 Å². The zero-order valence-corrected chi connectivity index (χ0v) is 19.0. The molecule has 0 aliphatic carbocycles. The van der Waals surface area contributed by atoms with Crippen LogP contribution in [-0.4, -0.2) is 83.8 Å². The normalized spacial score (nSPS) is 12.9. The average Bonchev–Trinajstić information content (AvgIpc) is 2.44. The number of likely N-dealkylation sites (N-methyl/N-ethyl adjacent to an activating group) is 1. The summed E-state index contributed by atoms with van der Waals surface area (Å²) < 4.78 is 28.4. The second-order valence-corrected chi connectivity index (χ2v) is 9.37. The third kappa shape index (κ3) is 11.4. The summed E-state index contributed by atoms with van der Waals surface area (Å²) >= 11 is 0. The van der Waals surface area contributed by atoms with Crippen molar-refractivity contribution in [3.05, 3.63) is 0 Å². The van der Waals surface area contributed by atoms with Crippen LogP contribution < -0.4 is 10.6 Å². The second kappa shape index (κ2) is 13.1. The Morgan fingerprint density at radius 3 is 2.25 bits per heavy atom. The predicted octanol–water partition coefficient (Wildman–Crippen LogP) is 0.951. The molecule has 0 saturated carbocycles. The third-order valence-electron chi connectivity index (χ3n) is 3.49. The molecule has 2 N–H and O–H groups in total. The van der Waals surface area contributed by atoms with Crippen molar-refractivity contribution in [1.82, 2.24) is 15.5 Å². The first kappa shape index (κ1) is 26.1. The van der Waals surface area contributed by atoms with Crippen LogP contribution in [0.1, 0.15) is 27.2 Å². The Balaban J connectivity index is 0. The van der Waals surface area contributed by atoms with E-state index in [1.807, 2.05) is 0 Å². The molecule has 0 heterocycles. The highest BCUT2D eigenvalue weighted by atomic mass is 127. The van der Waals surface area contributed by atoms with Crippen LogP contribution in [-0.2, 0) is 14.6 Å². The minimum atomic E-state index is -3.11. The SMILES string of the molecule is CN=C(NCCN(C)CCCOC)NCCS(=O)(=O)C(C)(C)C.I. The second-order valence-electron chi connectivity index (χ2n) is 6.51. The molecule has 9 heteroatoms. The summed E-state index contributed by atoms with van der Waals surface area (Å²) in [6, 6.07) is 0. The number of ether oxygens (including phenoxy) is 1. The summed E-state index contributed by atoms with van der Waals surface area (Å²) in [5.41, 5.74) is 0. The molecule has 0 aliphatic rings. The monoisotopic (exact) mass is 478 g/mol. The molecule has 0 aromatic carbocycles. The Bertz CT molecular complexity index is 450. The molecule has 0 aliphatic heterocycles. The van der Waals surface area contributed by atoms with Gasteiger partial charge in [0.25, 0.3) is 0 Å². The Hall–Kier alpha value is -0.130. The van der Waals surface area contributed by atoms with Gasteiger partial charge in [-0.05, 0) is 34.2 Å². The third-order valence-corrected chi connectivity index (χ3v) is 6.10. The smallest absolute Gasteiger partial charge is 0.191 e. The van der Waals surface area contributed by atoms with Gasteiger partial charge in [-0.3, -0.25) is 4.99 Å². The molecule has 24 heavy (non-hydrogen) atoms. The lowest BCUT2D eigenvalue weighted by molar-refractivity contribution is 0.180. The van der Waals surface area contributed by atoms with Gasteiger partial charge in [0.05, 0.1) is 10.5 Å². The van der Waals surface area contributed by atoms with Crippen LogP contribution in [0.4, 0.5) is 0 Å². The van der Waals surface area contributed by atoms with Crippen molar-refractivity contribution < 1.29 is 13.2 Å². The number of hydrogen-bond acceptors (Lipinski definition) is 5. The molecule has 146 valence electrons. The molecule has 0 rings (SSSR count). The van der Waals surface area contributed by atoms with E-state index in [1.54, 1.807) is 34.9 Å². The highest BCUT2D eigenvalue weighted by Gasteiger charge is 2.28. The molecule has 0 bridgehead atoms. The van der Waals surface area contributed by atoms with E-state index < -0.39 is 14.6 Å². The Kier molecular flexibility index (Phi) is 14.3. The maximum Gasteiger partial charge on any atom is 0.191 e. The number of nitrogens with one attached hydrogen (secondary N) is 2. The summed E-state index contributed by atoms with van der Waals surface area (Å²) in [7, 11) is 2.33. The summed E-state index contributed by atoms with van der Waals surface area (Å²) in [5.74, 6) is 0.716. The van der Waals surface area contributed by atoms with Crippen molar-refractivity contribution in [2.45, 2.75) is 31.9 Å². The highest BCUT2D eigenvalue weighted by Crippen LogP contribution is 2.15. The van der Waals surface area contributed by atoms with Crippen LogP contribution in [0.5, 0.6) is 0 Å². The molecule has 0 aromatic heterocycles. The van der Waals surface area contributed by atoms with Gasteiger partial charge in [-0.15, -0.1) is 24.0 Å². The van der Waals surface area contributed by atoms with Crippen molar-refractivity contribution >= 4 is 39.8 Å². The Morgan fingerprint density at radius 2 is 1.75 bits per heavy atom. The Morgan fingerprint density at radius 1 is 1.17 bits per heavy atom. The van der Waals surface area contributed by atoms with Gasteiger partial charge in [-0.2, -0.15) is 0 Å². The maximum atomic E-state index is 12.0. The van der Waals surface area contributed by atoms with Crippen molar-refractivity contribution in [1.29, 1.82) is 0 Å². The molecular weight excluding hydrogens is 443 g/mol. The minimum absolute atomic E-state index is 0. The Labute approximate surface area is 164 Å². The average molecular weight is 478 g/mol. The molecule has 0 aromatic rings. The molecule has 0 unspecified atom stereocenters. The fraction of sp³-hybridized carbons (Fsp3) is 0.933. The standard InChI is InChI=1S/C15H34N4O3S.HI/c1-15(2,3)23(20,21)13-9-18-14(16-4)17-8-11-19(5)10-7-12-22-6;/h7-13H2,1-6H3,(H2,16,17,18);1H. The fourth-order valence-electron chi connectivity index (χ4n) is 1.79. The van der Waals surface area contributed by atoms with Crippen LogP contribution in [0.2, 0.25) is 0 Å². The number of aliphatic imine (C=N–C) groups is 1. The minimum Gasteiger partial charge on any atom is -0.385 e. The van der Waals surface area contributed by atoms with Gasteiger partial charge in [-0.25, -0.2) is 8.42 Å². The summed E-state index contributed by atoms with van der Waals surface area (Å²) in [4.78, 5) is 6.31. The number of halogens is 1. The largest absolute Gasteiger partial charge is 0.385 e. The van der Waals surface area contributed by atoms with Crippen molar-refractivity contribution in [2.24, 2.45) is 4.99 Å². The first-order chi connectivity index (χ1) is 10.6. The van der Waals surface area contributed by atoms with Gasteiger partial charge >= 0.3 is 0 Å².